The van der Waals surface area contributed by atoms with Crippen LogP contribution in [0.4, 0.5) is 10.8 Å². The zero-order valence-corrected chi connectivity index (χ0v) is 17.5. The number of aromatic nitrogens is 1. The van der Waals surface area contributed by atoms with Crippen LogP contribution in [0.15, 0.2) is 75.9 Å². The molecule has 1 aromatic heterocycles. The molecule has 0 aliphatic carbocycles. The molecule has 8 nitrogen and oxygen atoms in total. The van der Waals surface area contributed by atoms with Gasteiger partial charge in [0.1, 0.15) is 0 Å². The molecule has 0 fully saturated rings. The largest absolute Gasteiger partial charge is 0.503 e. The number of benzene rings is 2. The first-order valence-electron chi connectivity index (χ1n) is 8.59. The molecular weight excluding hydrogens is 474 g/mol. The number of ketones is 1. The number of hydrogen-bond donors (Lipinski definition) is 1. The molecule has 0 radical (unpaired) electrons. The summed E-state index contributed by atoms with van der Waals surface area (Å²) in [5.41, 5.74) is 0.236. The first-order valence-corrected chi connectivity index (χ1v) is 10.3. The van der Waals surface area contributed by atoms with Crippen molar-refractivity contribution in [1.29, 1.82) is 0 Å². The van der Waals surface area contributed by atoms with Gasteiger partial charge in [-0.05, 0) is 29.8 Å². The topological polar surface area (TPSA) is 114 Å². The van der Waals surface area contributed by atoms with Gasteiger partial charge in [-0.2, -0.15) is 0 Å². The Kier molecular flexibility index (Phi) is 5.18. The van der Waals surface area contributed by atoms with E-state index in [9.17, 15) is 24.8 Å². The summed E-state index contributed by atoms with van der Waals surface area (Å²) in [5, 5.41) is 23.8. The standard InChI is InChI=1S/C20H12BrN3O5S/c21-13-6-4-11(5-7-13)17(25)15-16(12-2-1-3-14(10-12)24(28)29)23(19(27)18(15)26)20-22-8-9-30-20/h1-10,16,26H. The SMILES string of the molecule is O=C(C1=C(O)C(=O)N(c2nccs2)C1c1cccc([N+](=O)[O-])c1)c1ccc(Br)cc1. The maximum absolute atomic E-state index is 13.3. The lowest BCUT2D eigenvalue weighted by molar-refractivity contribution is -0.384. The molecule has 0 spiro atoms. The minimum absolute atomic E-state index is 0.155. The van der Waals surface area contributed by atoms with Crippen molar-refractivity contribution in [2.45, 2.75) is 6.04 Å². The van der Waals surface area contributed by atoms with Gasteiger partial charge in [0.2, 0.25) is 0 Å². The predicted octanol–water partition coefficient (Wildman–Crippen LogP) is 4.60. The first-order chi connectivity index (χ1) is 14.4. The predicted molar refractivity (Wildman–Crippen MR) is 114 cm³/mol. The number of rotatable bonds is 5. The van der Waals surface area contributed by atoms with Crippen molar-refractivity contribution in [3.63, 3.8) is 0 Å². The average molecular weight is 486 g/mol. The minimum atomic E-state index is -1.06. The number of Topliss-reactive ketones (excluding diaryl/α,β-unsaturated/α-hetero) is 1. The van der Waals surface area contributed by atoms with Crippen LogP contribution in [0.2, 0.25) is 0 Å². The number of non-ortho nitro benzene ring substituents is 1. The normalized spacial score (nSPS) is 16.2. The molecule has 1 aliphatic heterocycles. The molecule has 1 N–H and O–H groups in total. The van der Waals surface area contributed by atoms with Crippen LogP contribution in [0.3, 0.4) is 0 Å². The quantitative estimate of drug-likeness (QED) is 0.321. The monoisotopic (exact) mass is 485 g/mol. The van der Waals surface area contributed by atoms with E-state index in [1.807, 2.05) is 0 Å². The molecule has 1 atom stereocenters. The van der Waals surface area contributed by atoms with Crippen LogP contribution in [-0.4, -0.2) is 26.7 Å². The highest BCUT2D eigenvalue weighted by molar-refractivity contribution is 9.10. The Bertz CT molecular complexity index is 1190. The molecule has 1 unspecified atom stereocenters. The molecule has 0 saturated heterocycles. The van der Waals surface area contributed by atoms with Gasteiger partial charge in [0.05, 0.1) is 16.5 Å². The number of nitro groups is 1. The average Bonchev–Trinajstić information content (AvgIpc) is 3.35. The van der Waals surface area contributed by atoms with Crippen LogP contribution >= 0.6 is 27.3 Å². The summed E-state index contributed by atoms with van der Waals surface area (Å²) in [7, 11) is 0. The number of nitrogens with zero attached hydrogens (tertiary/aromatic N) is 3. The number of carbonyl (C=O) groups excluding carboxylic acids is 2. The number of aliphatic hydroxyl groups excluding tert-OH is 1. The summed E-state index contributed by atoms with van der Waals surface area (Å²) >= 11 is 4.45. The van der Waals surface area contributed by atoms with Crippen molar-refractivity contribution < 1.29 is 19.6 Å². The lowest BCUT2D eigenvalue weighted by Gasteiger charge is -2.24. The second kappa shape index (κ2) is 7.81. The maximum Gasteiger partial charge on any atom is 0.296 e. The number of aliphatic hydroxyl groups is 1. The molecule has 2 aromatic carbocycles. The highest BCUT2D eigenvalue weighted by Crippen LogP contribution is 2.43. The lowest BCUT2D eigenvalue weighted by Crippen LogP contribution is -2.31. The Morgan fingerprint density at radius 2 is 1.97 bits per heavy atom. The molecule has 0 saturated carbocycles. The number of anilines is 1. The molecule has 150 valence electrons. The molecular formula is C20H12BrN3O5S. The van der Waals surface area contributed by atoms with Gasteiger partial charge in [-0.25, -0.2) is 4.98 Å². The minimum Gasteiger partial charge on any atom is -0.503 e. The zero-order valence-electron chi connectivity index (χ0n) is 15.1. The number of nitro benzene ring substituents is 1. The lowest BCUT2D eigenvalue weighted by atomic mass is 9.92. The highest BCUT2D eigenvalue weighted by Gasteiger charge is 2.45. The molecule has 2 heterocycles. The van der Waals surface area contributed by atoms with Gasteiger partial charge in [-0.1, -0.05) is 28.1 Å². The molecule has 10 heteroatoms. The van der Waals surface area contributed by atoms with E-state index >= 15 is 0 Å². The number of amides is 1. The molecule has 0 bridgehead atoms. The van der Waals surface area contributed by atoms with E-state index in [1.54, 1.807) is 35.7 Å². The smallest absolute Gasteiger partial charge is 0.296 e. The number of carbonyl (C=O) groups is 2. The van der Waals surface area contributed by atoms with E-state index in [0.29, 0.717) is 5.56 Å². The molecule has 1 aliphatic rings. The van der Waals surface area contributed by atoms with Gasteiger partial charge in [-0.3, -0.25) is 24.6 Å². The Balaban J connectivity index is 1.88. The van der Waals surface area contributed by atoms with Gasteiger partial charge in [0.15, 0.2) is 16.7 Å². The van der Waals surface area contributed by atoms with Crippen LogP contribution < -0.4 is 4.90 Å². The number of thiazole rings is 1. The van der Waals surface area contributed by atoms with E-state index in [0.717, 1.165) is 15.8 Å². The van der Waals surface area contributed by atoms with Gasteiger partial charge in [-0.15, -0.1) is 11.3 Å². The second-order valence-corrected chi connectivity index (χ2v) is 8.13. The molecule has 30 heavy (non-hydrogen) atoms. The van der Waals surface area contributed by atoms with E-state index in [-0.39, 0.29) is 22.0 Å². The van der Waals surface area contributed by atoms with Crippen molar-refractivity contribution in [3.05, 3.63) is 97.2 Å². The number of halogens is 1. The Labute approximate surface area is 182 Å². The second-order valence-electron chi connectivity index (χ2n) is 6.34. The van der Waals surface area contributed by atoms with Gasteiger partial charge < -0.3 is 5.11 Å². The van der Waals surface area contributed by atoms with Crippen molar-refractivity contribution >= 4 is 49.8 Å². The third-order valence-corrected chi connectivity index (χ3v) is 5.88. The number of hydrogen-bond acceptors (Lipinski definition) is 7. The van der Waals surface area contributed by atoms with E-state index < -0.39 is 28.4 Å². The van der Waals surface area contributed by atoms with E-state index in [2.05, 4.69) is 20.9 Å². The van der Waals surface area contributed by atoms with Gasteiger partial charge >= 0.3 is 0 Å². The summed E-state index contributed by atoms with van der Waals surface area (Å²) in [6, 6.07) is 11.0. The first kappa shape index (κ1) is 19.9. The Morgan fingerprint density at radius 1 is 1.23 bits per heavy atom. The van der Waals surface area contributed by atoms with Gasteiger partial charge in [0, 0.05) is 33.7 Å². The van der Waals surface area contributed by atoms with Crippen LogP contribution in [-0.2, 0) is 4.79 Å². The van der Waals surface area contributed by atoms with Gasteiger partial charge in [0.25, 0.3) is 11.6 Å². The Morgan fingerprint density at radius 3 is 2.60 bits per heavy atom. The van der Waals surface area contributed by atoms with Crippen molar-refractivity contribution in [2.75, 3.05) is 4.90 Å². The van der Waals surface area contributed by atoms with E-state index in [4.69, 9.17) is 0 Å². The summed E-state index contributed by atoms with van der Waals surface area (Å²) in [4.78, 5) is 42.2. The van der Waals surface area contributed by atoms with Crippen molar-refractivity contribution in [2.24, 2.45) is 0 Å². The zero-order chi connectivity index (χ0) is 21.4. The van der Waals surface area contributed by atoms with Crippen molar-refractivity contribution in [3.8, 4) is 0 Å². The van der Waals surface area contributed by atoms with Crippen LogP contribution in [0, 0.1) is 10.1 Å². The third kappa shape index (κ3) is 3.40. The van der Waals surface area contributed by atoms with Crippen molar-refractivity contribution in [1.82, 2.24) is 4.98 Å². The van der Waals surface area contributed by atoms with E-state index in [1.165, 1.54) is 29.3 Å². The summed E-state index contributed by atoms with van der Waals surface area (Å²) in [6.45, 7) is 0. The van der Waals surface area contributed by atoms with Crippen LogP contribution in [0.5, 0.6) is 0 Å². The highest BCUT2D eigenvalue weighted by atomic mass is 79.9. The molecule has 3 aromatic rings. The fourth-order valence-corrected chi connectivity index (χ4v) is 4.18. The van der Waals surface area contributed by atoms with Crippen LogP contribution in [0.1, 0.15) is 22.0 Å². The summed E-state index contributed by atoms with van der Waals surface area (Å²) < 4.78 is 0.763. The Hall–Kier alpha value is -3.37. The summed E-state index contributed by atoms with van der Waals surface area (Å²) in [5.74, 6) is -2.04. The van der Waals surface area contributed by atoms with Crippen LogP contribution in [0.25, 0.3) is 0 Å². The summed E-state index contributed by atoms with van der Waals surface area (Å²) in [6.07, 6.45) is 1.49. The maximum atomic E-state index is 13.3. The fraction of sp³-hybridized carbons (Fsp3) is 0.0500. The molecule has 1 amide bonds. The third-order valence-electron chi connectivity index (χ3n) is 4.58. The fourth-order valence-electron chi connectivity index (χ4n) is 3.25. The molecule has 4 rings (SSSR count).